The van der Waals surface area contributed by atoms with Crippen LogP contribution in [0.3, 0.4) is 0 Å². The fraction of sp³-hybridized carbons (Fsp3) is 0.211. The molecule has 0 saturated carbocycles. The zero-order valence-electron chi connectivity index (χ0n) is 15.2. The van der Waals surface area contributed by atoms with Gasteiger partial charge in [-0.2, -0.15) is 5.11 Å². The summed E-state index contributed by atoms with van der Waals surface area (Å²) in [5.41, 5.74) is 1.68. The maximum atomic E-state index is 12.9. The van der Waals surface area contributed by atoms with Crippen molar-refractivity contribution in [3.63, 3.8) is 0 Å². The summed E-state index contributed by atoms with van der Waals surface area (Å²) in [6.45, 7) is 1.55. The molecule has 2 atom stereocenters. The maximum Gasteiger partial charge on any atom is 0.263 e. The van der Waals surface area contributed by atoms with E-state index < -0.39 is 29.8 Å². The smallest absolute Gasteiger partial charge is 0.263 e. The molecular weight excluding hydrogens is 417 g/mol. The van der Waals surface area contributed by atoms with Crippen molar-refractivity contribution in [2.45, 2.75) is 19.0 Å². The van der Waals surface area contributed by atoms with E-state index in [0.717, 1.165) is 10.5 Å². The summed E-state index contributed by atoms with van der Waals surface area (Å²) >= 11 is 11.9. The molecule has 2 aliphatic rings. The molecule has 2 aromatic rings. The van der Waals surface area contributed by atoms with E-state index >= 15 is 0 Å². The van der Waals surface area contributed by atoms with Crippen LogP contribution in [0.1, 0.15) is 5.56 Å². The van der Waals surface area contributed by atoms with Gasteiger partial charge in [0.2, 0.25) is 5.91 Å². The predicted molar refractivity (Wildman–Crippen MR) is 108 cm³/mol. The van der Waals surface area contributed by atoms with Crippen molar-refractivity contribution in [1.82, 2.24) is 5.01 Å². The van der Waals surface area contributed by atoms with E-state index in [-0.39, 0.29) is 6.54 Å². The molecule has 29 heavy (non-hydrogen) atoms. The third kappa shape index (κ3) is 3.45. The van der Waals surface area contributed by atoms with Crippen molar-refractivity contribution in [1.29, 1.82) is 0 Å². The zero-order chi connectivity index (χ0) is 20.7. The lowest BCUT2D eigenvalue weighted by Crippen LogP contribution is -2.43. The lowest BCUT2D eigenvalue weighted by molar-refractivity contribution is -0.123. The number of nitrogens with zero attached hydrogens (tertiary/aromatic N) is 4. The Labute approximate surface area is 176 Å². The SMILES string of the molecule is Cc1c(Cl)cccc1NC(=O)CN1N=N[C@@H]2C(=O)N(c3ccc(Cl)cc3)C(=O)[C@@H]21. The summed E-state index contributed by atoms with van der Waals surface area (Å²) in [4.78, 5) is 39.1. The van der Waals surface area contributed by atoms with Gasteiger partial charge in [-0.3, -0.25) is 19.4 Å². The Hall–Kier alpha value is -2.97. The van der Waals surface area contributed by atoms with Crippen LogP contribution in [0.5, 0.6) is 0 Å². The zero-order valence-corrected chi connectivity index (χ0v) is 16.7. The minimum atomic E-state index is -0.973. The first kappa shape index (κ1) is 19.4. The monoisotopic (exact) mass is 431 g/mol. The number of hydrogen-bond donors (Lipinski definition) is 1. The predicted octanol–water partition coefficient (Wildman–Crippen LogP) is 3.23. The highest BCUT2D eigenvalue weighted by Gasteiger charge is 2.55. The number of halogens is 2. The quantitative estimate of drug-likeness (QED) is 0.751. The van der Waals surface area contributed by atoms with E-state index in [0.29, 0.717) is 21.4 Å². The summed E-state index contributed by atoms with van der Waals surface area (Å²) in [6, 6.07) is 9.57. The van der Waals surface area contributed by atoms with Crippen LogP contribution in [0.25, 0.3) is 0 Å². The van der Waals surface area contributed by atoms with Crippen LogP contribution in [-0.2, 0) is 14.4 Å². The number of carbonyl (C=O) groups is 3. The summed E-state index contributed by atoms with van der Waals surface area (Å²) in [7, 11) is 0. The normalized spacial score (nSPS) is 20.4. The van der Waals surface area contributed by atoms with Crippen molar-refractivity contribution in [3.05, 3.63) is 58.1 Å². The second-order valence-electron chi connectivity index (χ2n) is 6.64. The van der Waals surface area contributed by atoms with Crippen molar-refractivity contribution in [2.75, 3.05) is 16.8 Å². The van der Waals surface area contributed by atoms with Crippen LogP contribution in [0.4, 0.5) is 11.4 Å². The van der Waals surface area contributed by atoms with Crippen molar-refractivity contribution < 1.29 is 14.4 Å². The number of carbonyl (C=O) groups excluding carboxylic acids is 3. The third-order valence-electron chi connectivity index (χ3n) is 4.79. The van der Waals surface area contributed by atoms with E-state index in [2.05, 4.69) is 15.7 Å². The van der Waals surface area contributed by atoms with Gasteiger partial charge in [-0.1, -0.05) is 34.5 Å². The fourth-order valence-electron chi connectivity index (χ4n) is 3.28. The van der Waals surface area contributed by atoms with E-state index in [1.54, 1.807) is 49.4 Å². The van der Waals surface area contributed by atoms with Gasteiger partial charge in [-0.25, -0.2) is 4.90 Å². The summed E-state index contributed by atoms with van der Waals surface area (Å²) in [5.74, 6) is -1.38. The van der Waals surface area contributed by atoms with Gasteiger partial charge in [-0.05, 0) is 48.9 Å². The van der Waals surface area contributed by atoms with Gasteiger partial charge in [0.05, 0.1) is 5.69 Å². The van der Waals surface area contributed by atoms with Crippen molar-refractivity contribution in [3.8, 4) is 0 Å². The first-order valence-corrected chi connectivity index (χ1v) is 9.48. The number of hydrogen-bond acceptors (Lipinski definition) is 6. The van der Waals surface area contributed by atoms with E-state index in [9.17, 15) is 14.4 Å². The Morgan fingerprint density at radius 2 is 1.83 bits per heavy atom. The second-order valence-corrected chi connectivity index (χ2v) is 7.48. The molecule has 1 saturated heterocycles. The molecule has 2 aromatic carbocycles. The molecule has 1 fully saturated rings. The van der Waals surface area contributed by atoms with Crippen LogP contribution >= 0.6 is 23.2 Å². The highest BCUT2D eigenvalue weighted by molar-refractivity contribution is 6.32. The first-order valence-electron chi connectivity index (χ1n) is 8.72. The molecule has 148 valence electrons. The van der Waals surface area contributed by atoms with Gasteiger partial charge in [-0.15, -0.1) is 0 Å². The highest BCUT2D eigenvalue weighted by atomic mass is 35.5. The Morgan fingerprint density at radius 1 is 1.10 bits per heavy atom. The first-order chi connectivity index (χ1) is 13.9. The molecule has 8 nitrogen and oxygen atoms in total. The number of benzene rings is 2. The third-order valence-corrected chi connectivity index (χ3v) is 5.45. The van der Waals surface area contributed by atoms with Crippen LogP contribution in [0, 0.1) is 6.92 Å². The largest absolute Gasteiger partial charge is 0.324 e. The summed E-state index contributed by atoms with van der Waals surface area (Å²) in [5, 5.41) is 12.8. The Balaban J connectivity index is 1.49. The van der Waals surface area contributed by atoms with Gasteiger partial charge in [0.1, 0.15) is 6.54 Å². The standard InChI is InChI=1S/C19H15Cl2N5O3/c1-10-13(21)3-2-4-14(10)22-15(27)9-25-17-16(23-24-25)18(28)26(19(17)29)12-7-5-11(20)6-8-12/h2-8,16-17H,9H2,1H3,(H,22,27)/t16-,17+/m0/s1. The molecule has 4 rings (SSSR count). The Kier molecular flexibility index (Phi) is 4.97. The molecule has 0 aliphatic carbocycles. The Morgan fingerprint density at radius 3 is 2.55 bits per heavy atom. The van der Waals surface area contributed by atoms with Gasteiger partial charge in [0.15, 0.2) is 12.1 Å². The molecular formula is C19H15Cl2N5O3. The van der Waals surface area contributed by atoms with Gasteiger partial charge in [0.25, 0.3) is 11.8 Å². The number of anilines is 2. The van der Waals surface area contributed by atoms with Crippen LogP contribution in [0.2, 0.25) is 10.0 Å². The Bertz CT molecular complexity index is 1040. The van der Waals surface area contributed by atoms with Gasteiger partial charge >= 0.3 is 0 Å². The topological polar surface area (TPSA) is 94.4 Å². The van der Waals surface area contributed by atoms with Crippen LogP contribution in [0.15, 0.2) is 52.8 Å². The average molecular weight is 432 g/mol. The molecule has 0 unspecified atom stereocenters. The highest BCUT2D eigenvalue weighted by Crippen LogP contribution is 2.32. The van der Waals surface area contributed by atoms with Crippen LogP contribution in [-0.4, -0.2) is 41.4 Å². The fourth-order valence-corrected chi connectivity index (χ4v) is 3.58. The molecule has 1 N–H and O–H groups in total. The van der Waals surface area contributed by atoms with Crippen molar-refractivity contribution >= 4 is 52.3 Å². The average Bonchev–Trinajstić information content (AvgIpc) is 3.20. The van der Waals surface area contributed by atoms with E-state index in [1.807, 2.05) is 0 Å². The molecule has 3 amide bonds. The second kappa shape index (κ2) is 7.46. The molecule has 0 radical (unpaired) electrons. The summed E-state index contributed by atoms with van der Waals surface area (Å²) in [6.07, 6.45) is 0. The number of rotatable bonds is 4. The maximum absolute atomic E-state index is 12.9. The lowest BCUT2D eigenvalue weighted by Gasteiger charge is -2.20. The van der Waals surface area contributed by atoms with Gasteiger partial charge in [0, 0.05) is 15.7 Å². The van der Waals surface area contributed by atoms with E-state index in [1.165, 1.54) is 5.01 Å². The molecule has 0 bridgehead atoms. The number of nitrogens with one attached hydrogen (secondary N) is 1. The molecule has 2 aliphatic heterocycles. The molecule has 0 spiro atoms. The van der Waals surface area contributed by atoms with Crippen LogP contribution < -0.4 is 10.2 Å². The molecule has 2 heterocycles. The molecule has 10 heteroatoms. The summed E-state index contributed by atoms with van der Waals surface area (Å²) < 4.78 is 0. The molecule has 0 aromatic heterocycles. The number of amides is 3. The number of imide groups is 1. The van der Waals surface area contributed by atoms with E-state index in [4.69, 9.17) is 23.2 Å². The lowest BCUT2D eigenvalue weighted by atomic mass is 10.1. The van der Waals surface area contributed by atoms with Gasteiger partial charge < -0.3 is 5.32 Å². The number of fused-ring (bicyclic) bond motifs is 1. The van der Waals surface area contributed by atoms with Crippen molar-refractivity contribution in [2.24, 2.45) is 10.3 Å². The minimum absolute atomic E-state index is 0.232. The minimum Gasteiger partial charge on any atom is -0.324 e.